The quantitative estimate of drug-likeness (QED) is 0.757. The van der Waals surface area contributed by atoms with Gasteiger partial charge in [0.1, 0.15) is 17.2 Å². The number of benzene rings is 1. The van der Waals surface area contributed by atoms with Gasteiger partial charge in [0.2, 0.25) is 0 Å². The second-order valence-corrected chi connectivity index (χ2v) is 5.75. The molecule has 0 bridgehead atoms. The van der Waals surface area contributed by atoms with Crippen LogP contribution in [0.1, 0.15) is 31.9 Å². The number of amides is 1. The zero-order valence-electron chi connectivity index (χ0n) is 12.5. The van der Waals surface area contributed by atoms with Crippen molar-refractivity contribution in [3.05, 3.63) is 34.9 Å². The number of alkyl halides is 3. The standard InChI is InChI=1S/C14H16F5NO2/c1-13(2,3)22-12(21)20(4)7-9-10(15)5-8(6-11(9)16)14(17,18)19/h5-6H,7H2,1-4H3. The second kappa shape index (κ2) is 6.10. The monoisotopic (exact) mass is 325 g/mol. The van der Waals surface area contributed by atoms with Gasteiger partial charge in [-0.2, -0.15) is 13.2 Å². The van der Waals surface area contributed by atoms with E-state index in [4.69, 9.17) is 4.74 Å². The van der Waals surface area contributed by atoms with Crippen molar-refractivity contribution in [1.82, 2.24) is 4.90 Å². The van der Waals surface area contributed by atoms with Crippen molar-refractivity contribution in [2.45, 2.75) is 39.1 Å². The largest absolute Gasteiger partial charge is 0.444 e. The van der Waals surface area contributed by atoms with Gasteiger partial charge < -0.3 is 9.64 Å². The SMILES string of the molecule is CN(Cc1c(F)cc(C(F)(F)F)cc1F)C(=O)OC(C)(C)C. The molecule has 0 unspecified atom stereocenters. The third-order valence-electron chi connectivity index (χ3n) is 2.57. The molecule has 0 fully saturated rings. The minimum absolute atomic E-state index is 0.196. The minimum atomic E-state index is -4.85. The van der Waals surface area contributed by atoms with E-state index in [9.17, 15) is 26.7 Å². The minimum Gasteiger partial charge on any atom is -0.444 e. The average Bonchev–Trinajstić information content (AvgIpc) is 2.29. The average molecular weight is 325 g/mol. The lowest BCUT2D eigenvalue weighted by Gasteiger charge is -2.25. The third kappa shape index (κ3) is 4.85. The van der Waals surface area contributed by atoms with Crippen molar-refractivity contribution >= 4 is 6.09 Å². The van der Waals surface area contributed by atoms with Crippen molar-refractivity contribution in [2.75, 3.05) is 7.05 Å². The highest BCUT2D eigenvalue weighted by Gasteiger charge is 2.33. The summed E-state index contributed by atoms with van der Waals surface area (Å²) in [6.07, 6.45) is -5.69. The van der Waals surface area contributed by atoms with Gasteiger partial charge in [-0.3, -0.25) is 0 Å². The molecule has 0 aliphatic heterocycles. The number of nitrogens with zero attached hydrogens (tertiary/aromatic N) is 1. The first-order valence-electron chi connectivity index (χ1n) is 6.30. The Labute approximate surface area is 124 Å². The van der Waals surface area contributed by atoms with E-state index in [2.05, 4.69) is 0 Å². The van der Waals surface area contributed by atoms with E-state index in [0.717, 1.165) is 4.90 Å². The highest BCUT2D eigenvalue weighted by molar-refractivity contribution is 5.67. The van der Waals surface area contributed by atoms with Gasteiger partial charge in [-0.15, -0.1) is 0 Å². The van der Waals surface area contributed by atoms with Crippen LogP contribution in [-0.4, -0.2) is 23.6 Å². The van der Waals surface area contributed by atoms with Crippen LogP contribution in [0.3, 0.4) is 0 Å². The van der Waals surface area contributed by atoms with E-state index in [0.29, 0.717) is 0 Å². The molecule has 1 aromatic rings. The number of halogens is 5. The number of rotatable bonds is 2. The fourth-order valence-corrected chi connectivity index (χ4v) is 1.56. The molecule has 0 atom stereocenters. The summed E-state index contributed by atoms with van der Waals surface area (Å²) in [6, 6.07) is 0.392. The maximum Gasteiger partial charge on any atom is 0.416 e. The highest BCUT2D eigenvalue weighted by Crippen LogP contribution is 2.31. The van der Waals surface area contributed by atoms with Crippen LogP contribution in [0.4, 0.5) is 26.7 Å². The highest BCUT2D eigenvalue weighted by atomic mass is 19.4. The van der Waals surface area contributed by atoms with Gasteiger partial charge in [-0.1, -0.05) is 0 Å². The van der Waals surface area contributed by atoms with Crippen LogP contribution in [0.25, 0.3) is 0 Å². The lowest BCUT2D eigenvalue weighted by Crippen LogP contribution is -2.34. The number of ether oxygens (including phenoxy) is 1. The van der Waals surface area contributed by atoms with Gasteiger partial charge in [0.05, 0.1) is 12.1 Å². The Kier molecular flexibility index (Phi) is 5.04. The lowest BCUT2D eigenvalue weighted by molar-refractivity contribution is -0.138. The maximum atomic E-state index is 13.7. The fourth-order valence-electron chi connectivity index (χ4n) is 1.56. The number of hydrogen-bond acceptors (Lipinski definition) is 2. The Balaban J connectivity index is 2.97. The zero-order chi connectivity index (χ0) is 17.3. The van der Waals surface area contributed by atoms with E-state index in [-0.39, 0.29) is 12.1 Å². The van der Waals surface area contributed by atoms with Gasteiger partial charge in [0.25, 0.3) is 0 Å². The molecule has 0 aliphatic carbocycles. The van der Waals surface area contributed by atoms with E-state index < -0.39 is 47.2 Å². The molecule has 1 aromatic carbocycles. The number of hydrogen-bond donors (Lipinski definition) is 0. The van der Waals surface area contributed by atoms with Crippen molar-refractivity contribution in [3.63, 3.8) is 0 Å². The van der Waals surface area contributed by atoms with Crippen LogP contribution in [0, 0.1) is 11.6 Å². The van der Waals surface area contributed by atoms with Crippen molar-refractivity contribution in [3.8, 4) is 0 Å². The van der Waals surface area contributed by atoms with E-state index in [1.807, 2.05) is 0 Å². The molecule has 0 radical (unpaired) electrons. The van der Waals surface area contributed by atoms with Crippen molar-refractivity contribution < 1.29 is 31.5 Å². The molecule has 124 valence electrons. The fraction of sp³-hybridized carbons (Fsp3) is 0.500. The molecular weight excluding hydrogens is 309 g/mol. The predicted molar refractivity (Wildman–Crippen MR) is 69.1 cm³/mol. The van der Waals surface area contributed by atoms with Gasteiger partial charge in [0, 0.05) is 12.6 Å². The molecule has 3 nitrogen and oxygen atoms in total. The molecule has 0 saturated heterocycles. The van der Waals surface area contributed by atoms with Crippen LogP contribution < -0.4 is 0 Å². The van der Waals surface area contributed by atoms with Gasteiger partial charge in [-0.25, -0.2) is 13.6 Å². The summed E-state index contributed by atoms with van der Waals surface area (Å²) >= 11 is 0. The maximum absolute atomic E-state index is 13.7. The Morgan fingerprint density at radius 3 is 1.95 bits per heavy atom. The Morgan fingerprint density at radius 1 is 1.14 bits per heavy atom. The van der Waals surface area contributed by atoms with Crippen LogP contribution >= 0.6 is 0 Å². The molecule has 0 heterocycles. The van der Waals surface area contributed by atoms with Crippen molar-refractivity contribution in [2.24, 2.45) is 0 Å². The third-order valence-corrected chi connectivity index (χ3v) is 2.57. The van der Waals surface area contributed by atoms with Crippen molar-refractivity contribution in [1.29, 1.82) is 0 Å². The molecule has 0 aliphatic rings. The molecule has 22 heavy (non-hydrogen) atoms. The van der Waals surface area contributed by atoms with Crippen LogP contribution in [0.15, 0.2) is 12.1 Å². The summed E-state index contributed by atoms with van der Waals surface area (Å²) in [6.45, 7) is 4.28. The zero-order valence-corrected chi connectivity index (χ0v) is 12.5. The summed E-state index contributed by atoms with van der Waals surface area (Å²) in [5.41, 5.74) is -2.87. The first-order valence-corrected chi connectivity index (χ1v) is 6.30. The lowest BCUT2D eigenvalue weighted by atomic mass is 10.1. The van der Waals surface area contributed by atoms with E-state index in [1.165, 1.54) is 7.05 Å². The first kappa shape index (κ1) is 18.2. The van der Waals surface area contributed by atoms with Crippen LogP contribution in [0.2, 0.25) is 0 Å². The number of carbonyl (C=O) groups is 1. The topological polar surface area (TPSA) is 29.5 Å². The first-order chi connectivity index (χ1) is 9.81. The smallest absolute Gasteiger partial charge is 0.416 e. The normalized spacial score (nSPS) is 12.2. The Morgan fingerprint density at radius 2 is 1.59 bits per heavy atom. The Hall–Kier alpha value is -1.86. The van der Waals surface area contributed by atoms with Crippen LogP contribution in [-0.2, 0) is 17.5 Å². The Bertz CT molecular complexity index is 540. The molecule has 1 amide bonds. The van der Waals surface area contributed by atoms with Gasteiger partial charge >= 0.3 is 12.3 Å². The van der Waals surface area contributed by atoms with Gasteiger partial charge in [-0.05, 0) is 32.9 Å². The summed E-state index contributed by atoms with van der Waals surface area (Å²) < 4.78 is 69.7. The summed E-state index contributed by atoms with van der Waals surface area (Å²) in [5, 5.41) is 0. The molecule has 0 saturated carbocycles. The second-order valence-electron chi connectivity index (χ2n) is 5.75. The van der Waals surface area contributed by atoms with Crippen LogP contribution in [0.5, 0.6) is 0 Å². The molecule has 8 heteroatoms. The summed E-state index contributed by atoms with van der Waals surface area (Å²) in [5.74, 6) is -2.74. The predicted octanol–water partition coefficient (Wildman–Crippen LogP) is 4.35. The summed E-state index contributed by atoms with van der Waals surface area (Å²) in [7, 11) is 1.23. The van der Waals surface area contributed by atoms with E-state index >= 15 is 0 Å². The van der Waals surface area contributed by atoms with Gasteiger partial charge in [0.15, 0.2) is 0 Å². The van der Waals surface area contributed by atoms with E-state index in [1.54, 1.807) is 20.8 Å². The number of carbonyl (C=O) groups excluding carboxylic acids is 1. The molecular formula is C14H16F5NO2. The summed E-state index contributed by atoms with van der Waals surface area (Å²) in [4.78, 5) is 12.6. The molecule has 1 rings (SSSR count). The molecule has 0 N–H and O–H groups in total. The molecule has 0 aromatic heterocycles. The molecule has 0 spiro atoms.